The molecule has 0 spiro atoms. The van der Waals surface area contributed by atoms with Gasteiger partial charge in [0.2, 0.25) is 5.95 Å². The van der Waals surface area contributed by atoms with Crippen molar-refractivity contribution in [2.45, 2.75) is 102 Å². The maximum atomic E-state index is 12.9. The van der Waals surface area contributed by atoms with E-state index in [9.17, 15) is 20.1 Å². The van der Waals surface area contributed by atoms with Crippen molar-refractivity contribution in [3.63, 3.8) is 0 Å². The predicted molar refractivity (Wildman–Crippen MR) is 121 cm³/mol. The molecule has 3 rings (SSSR count). The summed E-state index contributed by atoms with van der Waals surface area (Å²) >= 11 is 0. The first-order valence-corrected chi connectivity index (χ1v) is 11.8. The van der Waals surface area contributed by atoms with Gasteiger partial charge in [-0.3, -0.25) is 13.9 Å². The van der Waals surface area contributed by atoms with Gasteiger partial charge < -0.3 is 25.8 Å². The third-order valence-corrected chi connectivity index (χ3v) is 6.24. The second-order valence-corrected chi connectivity index (χ2v) is 8.66. The molecule has 0 amide bonds. The Labute approximate surface area is 188 Å². The molecule has 0 saturated carbocycles. The van der Waals surface area contributed by atoms with Gasteiger partial charge in [0.05, 0.1) is 12.9 Å². The van der Waals surface area contributed by atoms with Crippen molar-refractivity contribution >= 4 is 17.1 Å². The van der Waals surface area contributed by atoms with Crippen LogP contribution in [0.3, 0.4) is 0 Å². The summed E-state index contributed by atoms with van der Waals surface area (Å²) in [6.07, 6.45) is 8.86. The third-order valence-electron chi connectivity index (χ3n) is 6.24. The van der Waals surface area contributed by atoms with E-state index in [0.29, 0.717) is 6.54 Å². The van der Waals surface area contributed by atoms with Crippen LogP contribution in [0.4, 0.5) is 5.95 Å². The lowest BCUT2D eigenvalue weighted by molar-refractivity contribution is -0.0511. The first kappa shape index (κ1) is 24.6. The van der Waals surface area contributed by atoms with Gasteiger partial charge in [0.15, 0.2) is 17.4 Å². The molecule has 0 bridgehead atoms. The molecule has 3 heterocycles. The van der Waals surface area contributed by atoms with Crippen molar-refractivity contribution in [1.29, 1.82) is 0 Å². The summed E-state index contributed by atoms with van der Waals surface area (Å²) in [4.78, 5) is 21.4. The Bertz CT molecular complexity index is 914. The van der Waals surface area contributed by atoms with Crippen LogP contribution < -0.4 is 11.3 Å². The lowest BCUT2D eigenvalue weighted by Crippen LogP contribution is -2.33. The fourth-order valence-corrected chi connectivity index (χ4v) is 4.29. The first-order valence-electron chi connectivity index (χ1n) is 11.8. The van der Waals surface area contributed by atoms with Crippen LogP contribution in [0.1, 0.15) is 77.4 Å². The lowest BCUT2D eigenvalue weighted by Gasteiger charge is -2.17. The number of hydrogen-bond acceptors (Lipinski definition) is 8. The van der Waals surface area contributed by atoms with Crippen LogP contribution >= 0.6 is 0 Å². The van der Waals surface area contributed by atoms with E-state index >= 15 is 0 Å². The van der Waals surface area contributed by atoms with Crippen molar-refractivity contribution in [3.8, 4) is 0 Å². The molecule has 0 aromatic carbocycles. The largest absolute Gasteiger partial charge is 0.394 e. The summed E-state index contributed by atoms with van der Waals surface area (Å²) in [7, 11) is 0. The third kappa shape index (κ3) is 5.48. The van der Waals surface area contributed by atoms with E-state index in [-0.39, 0.29) is 22.7 Å². The van der Waals surface area contributed by atoms with Gasteiger partial charge in [-0.2, -0.15) is 4.98 Å². The molecule has 10 nitrogen and oxygen atoms in total. The van der Waals surface area contributed by atoms with Crippen molar-refractivity contribution in [2.24, 2.45) is 0 Å². The van der Waals surface area contributed by atoms with Gasteiger partial charge in [-0.05, 0) is 6.42 Å². The number of nitrogens with two attached hydrogens (primary N) is 1. The summed E-state index contributed by atoms with van der Waals surface area (Å²) in [5.74, 6) is 0.0758. The van der Waals surface area contributed by atoms with Gasteiger partial charge >= 0.3 is 0 Å². The number of fused-ring (bicyclic) bond motifs is 1. The predicted octanol–water partition coefficient (Wildman–Crippen LogP) is 1.71. The molecule has 1 aliphatic heterocycles. The number of rotatable bonds is 13. The van der Waals surface area contributed by atoms with Crippen LogP contribution in [0.25, 0.3) is 11.2 Å². The fraction of sp³-hybridized carbons (Fsp3) is 0.773. The smallest absolute Gasteiger partial charge is 0.283 e. The average Bonchev–Trinajstić information content (AvgIpc) is 3.32. The maximum Gasteiger partial charge on any atom is 0.283 e. The monoisotopic (exact) mass is 451 g/mol. The molecule has 1 saturated heterocycles. The Morgan fingerprint density at radius 3 is 2.25 bits per heavy atom. The van der Waals surface area contributed by atoms with E-state index in [1.54, 1.807) is 0 Å². The number of aromatic nitrogens is 4. The minimum Gasteiger partial charge on any atom is -0.394 e. The number of hydrogen-bond donors (Lipinski definition) is 4. The standard InChI is InChI=1S/C22H37N5O5/c1-2-3-4-5-6-7-8-9-10-11-12-26-20(31)16-19(25-22(26)23)27(14-24-16)21-18(30)17(29)15(13-28)32-21/h14-15,17-18,21,28-30H,2-13H2,1H3,(H2,23,25)/t15-,17-,18-,21-/m1/s1. The number of imidazole rings is 1. The lowest BCUT2D eigenvalue weighted by atomic mass is 10.1. The van der Waals surface area contributed by atoms with Gasteiger partial charge in [-0.1, -0.05) is 64.7 Å². The van der Waals surface area contributed by atoms with Crippen LogP contribution in [-0.2, 0) is 11.3 Å². The Hall–Kier alpha value is -2.01. The molecular weight excluding hydrogens is 414 g/mol. The molecule has 0 radical (unpaired) electrons. The number of nitrogen functional groups attached to an aromatic ring is 1. The maximum absolute atomic E-state index is 12.9. The Morgan fingerprint density at radius 1 is 1.03 bits per heavy atom. The second-order valence-electron chi connectivity index (χ2n) is 8.66. The first-order chi connectivity index (χ1) is 15.5. The second kappa shape index (κ2) is 11.7. The highest BCUT2D eigenvalue weighted by Gasteiger charge is 2.44. The summed E-state index contributed by atoms with van der Waals surface area (Å²) in [5.41, 5.74) is 6.04. The molecule has 4 atom stereocenters. The number of aliphatic hydroxyl groups is 3. The minimum absolute atomic E-state index is 0.0758. The van der Waals surface area contributed by atoms with Gasteiger partial charge in [0.25, 0.3) is 5.56 Å². The Balaban J connectivity index is 1.57. The summed E-state index contributed by atoms with van der Waals surface area (Å²) in [5, 5.41) is 29.6. The molecule has 2 aromatic heterocycles. The van der Waals surface area contributed by atoms with E-state index in [1.807, 2.05) is 0 Å². The molecule has 1 aliphatic rings. The van der Waals surface area contributed by atoms with Crippen LogP contribution in [0, 0.1) is 0 Å². The SMILES string of the molecule is CCCCCCCCCCCCn1c(N)nc2c(ncn2[C@@H]2O[C@H](CO)[C@@H](O)[C@H]2O)c1=O. The normalized spacial score (nSPS) is 23.4. The quantitative estimate of drug-likeness (QED) is 0.336. The van der Waals surface area contributed by atoms with Crippen molar-refractivity contribution in [2.75, 3.05) is 12.3 Å². The van der Waals surface area contributed by atoms with E-state index < -0.39 is 31.1 Å². The van der Waals surface area contributed by atoms with Gasteiger partial charge in [-0.25, -0.2) is 4.98 Å². The summed E-state index contributed by atoms with van der Waals surface area (Å²) in [6.45, 7) is 2.26. The zero-order valence-electron chi connectivity index (χ0n) is 18.9. The number of aliphatic hydroxyl groups excluding tert-OH is 3. The molecule has 0 unspecified atom stereocenters. The highest BCUT2D eigenvalue weighted by molar-refractivity contribution is 5.71. The minimum atomic E-state index is -1.29. The highest BCUT2D eigenvalue weighted by Crippen LogP contribution is 2.31. The number of nitrogens with zero attached hydrogens (tertiary/aromatic N) is 4. The summed E-state index contributed by atoms with van der Waals surface area (Å²) < 4.78 is 8.33. The molecule has 32 heavy (non-hydrogen) atoms. The van der Waals surface area contributed by atoms with Crippen molar-refractivity contribution in [1.82, 2.24) is 19.1 Å². The van der Waals surface area contributed by atoms with E-state index in [0.717, 1.165) is 19.3 Å². The molecule has 180 valence electrons. The topological polar surface area (TPSA) is 149 Å². The number of ether oxygens (including phenoxy) is 1. The van der Waals surface area contributed by atoms with E-state index in [2.05, 4.69) is 16.9 Å². The molecule has 1 fully saturated rings. The molecule has 10 heteroatoms. The Morgan fingerprint density at radius 2 is 1.66 bits per heavy atom. The number of anilines is 1. The zero-order chi connectivity index (χ0) is 23.1. The van der Waals surface area contributed by atoms with Gasteiger partial charge in [-0.15, -0.1) is 0 Å². The highest BCUT2D eigenvalue weighted by atomic mass is 16.6. The fourth-order valence-electron chi connectivity index (χ4n) is 4.29. The zero-order valence-corrected chi connectivity index (χ0v) is 18.9. The van der Waals surface area contributed by atoms with Gasteiger partial charge in [0.1, 0.15) is 18.3 Å². The summed E-state index contributed by atoms with van der Waals surface area (Å²) in [6, 6.07) is 0. The molecule has 5 N–H and O–H groups in total. The van der Waals surface area contributed by atoms with Crippen LogP contribution in [0.5, 0.6) is 0 Å². The van der Waals surface area contributed by atoms with E-state index in [1.165, 1.54) is 60.4 Å². The van der Waals surface area contributed by atoms with Crippen molar-refractivity contribution in [3.05, 3.63) is 16.7 Å². The van der Waals surface area contributed by atoms with Crippen LogP contribution in [0.2, 0.25) is 0 Å². The van der Waals surface area contributed by atoms with Gasteiger partial charge in [0, 0.05) is 6.54 Å². The molecule has 0 aliphatic carbocycles. The Kier molecular flexibility index (Phi) is 9.03. The molecular formula is C22H37N5O5. The van der Waals surface area contributed by atoms with Crippen LogP contribution in [-0.4, -0.2) is 59.3 Å². The number of unbranched alkanes of at least 4 members (excludes halogenated alkanes) is 9. The van der Waals surface area contributed by atoms with E-state index in [4.69, 9.17) is 10.5 Å². The van der Waals surface area contributed by atoms with Crippen molar-refractivity contribution < 1.29 is 20.1 Å². The van der Waals surface area contributed by atoms with Crippen LogP contribution in [0.15, 0.2) is 11.1 Å². The average molecular weight is 452 g/mol. The molecule has 2 aromatic rings.